The van der Waals surface area contributed by atoms with Crippen molar-refractivity contribution in [3.8, 4) is 0 Å². The summed E-state index contributed by atoms with van der Waals surface area (Å²) < 4.78 is 4.93. The first-order valence-corrected chi connectivity index (χ1v) is 7.37. The summed E-state index contributed by atoms with van der Waals surface area (Å²) >= 11 is 0. The zero-order valence-corrected chi connectivity index (χ0v) is 15.3. The Morgan fingerprint density at radius 1 is 1.17 bits per heavy atom. The Labute approximate surface area is 157 Å². The second kappa shape index (κ2) is 8.53. The first-order chi connectivity index (χ1) is 11.2. The largest absolute Gasteiger partial charge is 0.447 e. The Balaban J connectivity index is 0.00000208. The van der Waals surface area contributed by atoms with Crippen molar-refractivity contribution < 1.29 is 9.53 Å². The highest BCUT2D eigenvalue weighted by Gasteiger charge is 2.23. The van der Waals surface area contributed by atoms with Crippen LogP contribution in [0.5, 0.6) is 0 Å². The molecule has 3 rings (SSSR count). The van der Waals surface area contributed by atoms with E-state index < -0.39 is 0 Å². The molecule has 126 valence electrons. The minimum Gasteiger partial charge on any atom is -0.447 e. The molecule has 3 N–H and O–H groups in total. The number of ether oxygens (including phenoxy) is 1. The van der Waals surface area contributed by atoms with Crippen LogP contribution in [0.2, 0.25) is 0 Å². The lowest BCUT2D eigenvalue weighted by Gasteiger charge is -2.12. The molecular weight excluding hydrogens is 419 g/mol. The Bertz CT molecular complexity index is 704. The highest BCUT2D eigenvalue weighted by atomic mass is 127. The molecule has 1 saturated heterocycles. The van der Waals surface area contributed by atoms with Crippen molar-refractivity contribution in [2.45, 2.75) is 6.54 Å². The number of halogens is 1. The number of amides is 1. The van der Waals surface area contributed by atoms with Gasteiger partial charge in [0, 0.05) is 11.4 Å². The van der Waals surface area contributed by atoms with E-state index in [2.05, 4.69) is 10.3 Å². The lowest BCUT2D eigenvalue weighted by molar-refractivity contribution is 0.181. The number of aliphatic imine (C=N–C) groups is 1. The van der Waals surface area contributed by atoms with Crippen LogP contribution in [0.25, 0.3) is 0 Å². The van der Waals surface area contributed by atoms with Crippen LogP contribution in [0.15, 0.2) is 59.6 Å². The summed E-state index contributed by atoms with van der Waals surface area (Å²) in [7, 11) is 0. The maximum atomic E-state index is 11.5. The number of carbonyl (C=O) groups is 1. The molecule has 7 heteroatoms. The molecule has 1 aliphatic heterocycles. The van der Waals surface area contributed by atoms with Gasteiger partial charge in [-0.3, -0.25) is 4.90 Å². The first kappa shape index (κ1) is 18.1. The summed E-state index contributed by atoms with van der Waals surface area (Å²) in [5, 5.41) is 3.03. The average molecular weight is 438 g/mol. The molecule has 1 amide bonds. The molecule has 0 saturated carbocycles. The molecular formula is C17H19IN4O2. The Hall–Kier alpha value is -2.29. The van der Waals surface area contributed by atoms with Crippen molar-refractivity contribution in [3.05, 3.63) is 60.2 Å². The molecule has 1 fully saturated rings. The predicted octanol–water partition coefficient (Wildman–Crippen LogP) is 3.19. The normalized spacial score (nSPS) is 14.1. The molecule has 0 aromatic heterocycles. The minimum absolute atomic E-state index is 0. The maximum absolute atomic E-state index is 11.5. The molecule has 0 unspecified atom stereocenters. The molecule has 0 atom stereocenters. The topological polar surface area (TPSA) is 79.9 Å². The van der Waals surface area contributed by atoms with E-state index in [-0.39, 0.29) is 30.1 Å². The molecule has 1 aliphatic rings. The number of benzene rings is 2. The van der Waals surface area contributed by atoms with Gasteiger partial charge in [-0.05, 0) is 29.8 Å². The van der Waals surface area contributed by atoms with Crippen molar-refractivity contribution in [3.63, 3.8) is 0 Å². The zero-order chi connectivity index (χ0) is 16.1. The highest BCUT2D eigenvalue weighted by Crippen LogP contribution is 2.19. The number of guanidine groups is 1. The van der Waals surface area contributed by atoms with E-state index in [0.717, 1.165) is 16.9 Å². The Morgan fingerprint density at radius 2 is 1.88 bits per heavy atom. The van der Waals surface area contributed by atoms with E-state index >= 15 is 0 Å². The second-order valence-electron chi connectivity index (χ2n) is 5.12. The van der Waals surface area contributed by atoms with E-state index in [9.17, 15) is 4.79 Å². The van der Waals surface area contributed by atoms with Crippen LogP contribution in [0.1, 0.15) is 5.56 Å². The lowest BCUT2D eigenvalue weighted by Crippen LogP contribution is -2.23. The van der Waals surface area contributed by atoms with Crippen LogP contribution < -0.4 is 16.0 Å². The third-order valence-corrected chi connectivity index (χ3v) is 3.49. The molecule has 0 spiro atoms. The number of hydrogen-bond donors (Lipinski definition) is 2. The quantitative estimate of drug-likeness (QED) is 0.437. The third-order valence-electron chi connectivity index (χ3n) is 3.49. The molecule has 1 heterocycles. The van der Waals surface area contributed by atoms with Crippen LogP contribution in [0, 0.1) is 0 Å². The van der Waals surface area contributed by atoms with Crippen molar-refractivity contribution in [1.29, 1.82) is 0 Å². The van der Waals surface area contributed by atoms with Gasteiger partial charge in [-0.2, -0.15) is 0 Å². The second-order valence-corrected chi connectivity index (χ2v) is 5.12. The Kier molecular flexibility index (Phi) is 6.42. The Morgan fingerprint density at radius 3 is 2.50 bits per heavy atom. The van der Waals surface area contributed by atoms with E-state index in [4.69, 9.17) is 10.5 Å². The fourth-order valence-electron chi connectivity index (χ4n) is 2.29. The SMILES string of the molecule is I.NC(=NCc1ccc(N2CCOC2=O)cc1)Nc1ccccc1. The summed E-state index contributed by atoms with van der Waals surface area (Å²) in [6, 6.07) is 17.3. The van der Waals surface area contributed by atoms with Crippen molar-refractivity contribution in [1.82, 2.24) is 0 Å². The number of anilines is 2. The molecule has 2 aromatic carbocycles. The molecule has 2 aromatic rings. The summed E-state index contributed by atoms with van der Waals surface area (Å²) in [6.07, 6.45) is -0.299. The standard InChI is InChI=1S/C17H18N4O2.HI/c18-16(20-14-4-2-1-3-5-14)19-12-13-6-8-15(9-7-13)21-10-11-23-17(21)22;/h1-9H,10-12H2,(H3,18,19,20);1H. The third kappa shape index (κ3) is 4.60. The van der Waals surface area contributed by atoms with Crippen LogP contribution >= 0.6 is 24.0 Å². The van der Waals surface area contributed by atoms with Crippen molar-refractivity contribution >= 4 is 47.4 Å². The van der Waals surface area contributed by atoms with Crippen LogP contribution in [-0.4, -0.2) is 25.2 Å². The van der Waals surface area contributed by atoms with Crippen LogP contribution in [-0.2, 0) is 11.3 Å². The molecule has 0 bridgehead atoms. The average Bonchev–Trinajstić information content (AvgIpc) is 3.00. The van der Waals surface area contributed by atoms with Gasteiger partial charge in [-0.25, -0.2) is 9.79 Å². The smallest absolute Gasteiger partial charge is 0.414 e. The van der Waals surface area contributed by atoms with Crippen molar-refractivity contribution in [2.75, 3.05) is 23.4 Å². The van der Waals surface area contributed by atoms with Gasteiger partial charge in [0.25, 0.3) is 0 Å². The fraction of sp³-hybridized carbons (Fsp3) is 0.176. The first-order valence-electron chi connectivity index (χ1n) is 7.37. The van der Waals surface area contributed by atoms with Gasteiger partial charge in [0.1, 0.15) is 6.61 Å². The summed E-state index contributed by atoms with van der Waals surface area (Å²) in [5.41, 5.74) is 8.61. The number of para-hydroxylation sites is 1. The number of nitrogens with one attached hydrogen (secondary N) is 1. The van der Waals surface area contributed by atoms with E-state index in [1.165, 1.54) is 0 Å². The van der Waals surface area contributed by atoms with Crippen molar-refractivity contribution in [2.24, 2.45) is 10.7 Å². The van der Waals surface area contributed by atoms with E-state index in [0.29, 0.717) is 25.7 Å². The van der Waals surface area contributed by atoms with Gasteiger partial charge >= 0.3 is 6.09 Å². The van der Waals surface area contributed by atoms with Gasteiger partial charge in [0.2, 0.25) is 0 Å². The van der Waals surface area contributed by atoms with Gasteiger partial charge in [-0.1, -0.05) is 30.3 Å². The van der Waals surface area contributed by atoms with Crippen LogP contribution in [0.4, 0.5) is 16.2 Å². The van der Waals surface area contributed by atoms with E-state index in [1.807, 2.05) is 54.6 Å². The number of hydrogen-bond acceptors (Lipinski definition) is 3. The molecule has 0 aliphatic carbocycles. The fourth-order valence-corrected chi connectivity index (χ4v) is 2.29. The van der Waals surface area contributed by atoms with E-state index in [1.54, 1.807) is 4.90 Å². The minimum atomic E-state index is -0.299. The highest BCUT2D eigenvalue weighted by molar-refractivity contribution is 14.0. The predicted molar refractivity (Wildman–Crippen MR) is 106 cm³/mol. The lowest BCUT2D eigenvalue weighted by atomic mass is 10.2. The molecule has 0 radical (unpaired) electrons. The summed E-state index contributed by atoms with van der Waals surface area (Å²) in [6.45, 7) is 1.49. The number of cyclic esters (lactones) is 1. The van der Waals surface area contributed by atoms with Gasteiger partial charge < -0.3 is 15.8 Å². The van der Waals surface area contributed by atoms with Crippen LogP contribution in [0.3, 0.4) is 0 Å². The number of rotatable bonds is 4. The molecule has 6 nitrogen and oxygen atoms in total. The number of carbonyl (C=O) groups excluding carboxylic acids is 1. The monoisotopic (exact) mass is 438 g/mol. The number of nitrogens with zero attached hydrogens (tertiary/aromatic N) is 2. The maximum Gasteiger partial charge on any atom is 0.414 e. The molecule has 24 heavy (non-hydrogen) atoms. The van der Waals surface area contributed by atoms with Gasteiger partial charge in [0.05, 0.1) is 13.1 Å². The van der Waals surface area contributed by atoms with Gasteiger partial charge in [-0.15, -0.1) is 24.0 Å². The zero-order valence-electron chi connectivity index (χ0n) is 13.0. The summed E-state index contributed by atoms with van der Waals surface area (Å²) in [4.78, 5) is 17.4. The summed E-state index contributed by atoms with van der Waals surface area (Å²) in [5.74, 6) is 0.364. The number of nitrogens with two attached hydrogens (primary N) is 1. The van der Waals surface area contributed by atoms with Gasteiger partial charge in [0.15, 0.2) is 5.96 Å².